The van der Waals surface area contributed by atoms with Crippen molar-refractivity contribution in [2.24, 2.45) is 17.8 Å². The third kappa shape index (κ3) is 1.73. The minimum absolute atomic E-state index is 0.0212. The summed E-state index contributed by atoms with van der Waals surface area (Å²) < 4.78 is 6.33. The van der Waals surface area contributed by atoms with Crippen LogP contribution < -0.4 is 0 Å². The molecule has 0 aromatic carbocycles. The van der Waals surface area contributed by atoms with Gasteiger partial charge in [0.1, 0.15) is 0 Å². The Balaban J connectivity index is 1.81. The van der Waals surface area contributed by atoms with Crippen LogP contribution in [0.5, 0.6) is 0 Å². The molecule has 0 radical (unpaired) electrons. The number of ether oxygens (including phenoxy) is 1. The SMILES string of the molecule is CC(C)(C)OC1C2C=C3CCCCC(C2)C31. The summed E-state index contributed by atoms with van der Waals surface area (Å²) in [5.41, 5.74) is 1.76. The van der Waals surface area contributed by atoms with E-state index in [1.54, 1.807) is 5.57 Å². The van der Waals surface area contributed by atoms with E-state index >= 15 is 0 Å². The molecule has 2 fully saturated rings. The smallest absolute Gasteiger partial charge is 0.0712 e. The molecule has 2 bridgehead atoms. The molecule has 0 N–H and O–H groups in total. The molecular formula is C15H24O. The lowest BCUT2D eigenvalue weighted by Gasteiger charge is -2.29. The highest BCUT2D eigenvalue weighted by molar-refractivity contribution is 5.26. The summed E-state index contributed by atoms with van der Waals surface area (Å²) in [5.74, 6) is 2.47. The molecule has 3 aliphatic carbocycles. The Morgan fingerprint density at radius 2 is 2.06 bits per heavy atom. The third-order valence-corrected chi connectivity index (χ3v) is 4.50. The Bertz CT molecular complexity index is 310. The normalized spacial score (nSPS) is 42.1. The summed E-state index contributed by atoms with van der Waals surface area (Å²) in [6.45, 7) is 6.58. The van der Waals surface area contributed by atoms with Gasteiger partial charge in [-0.2, -0.15) is 0 Å². The largest absolute Gasteiger partial charge is 0.371 e. The van der Waals surface area contributed by atoms with Gasteiger partial charge in [-0.3, -0.25) is 0 Å². The molecule has 0 aliphatic heterocycles. The lowest BCUT2D eigenvalue weighted by Crippen LogP contribution is -2.32. The molecule has 3 aliphatic rings. The predicted molar refractivity (Wildman–Crippen MR) is 66.3 cm³/mol. The maximum atomic E-state index is 6.33. The lowest BCUT2D eigenvalue weighted by molar-refractivity contribution is -0.0787. The molecule has 0 amide bonds. The summed E-state index contributed by atoms with van der Waals surface area (Å²) in [6.07, 6.45) is 10.1. The number of hydrogen-bond acceptors (Lipinski definition) is 1. The Hall–Kier alpha value is -0.300. The number of hydrogen-bond donors (Lipinski definition) is 0. The van der Waals surface area contributed by atoms with E-state index in [9.17, 15) is 0 Å². The lowest BCUT2D eigenvalue weighted by atomic mass is 9.86. The van der Waals surface area contributed by atoms with Crippen molar-refractivity contribution in [3.8, 4) is 0 Å². The van der Waals surface area contributed by atoms with Gasteiger partial charge in [0.25, 0.3) is 0 Å². The Labute approximate surface area is 99.3 Å². The highest BCUT2D eigenvalue weighted by Crippen LogP contribution is 2.54. The third-order valence-electron chi connectivity index (χ3n) is 4.50. The standard InChI is InChI=1S/C15H24O/c1-15(2,3)16-14-12-8-10-6-4-5-7-11(9-12)13(10)14/h8,11-14H,4-7,9H2,1-3H3. The minimum Gasteiger partial charge on any atom is -0.371 e. The van der Waals surface area contributed by atoms with Gasteiger partial charge in [-0.1, -0.05) is 18.1 Å². The molecule has 1 heteroatoms. The molecule has 3 rings (SSSR count). The van der Waals surface area contributed by atoms with E-state index in [1.807, 2.05) is 0 Å². The summed E-state index contributed by atoms with van der Waals surface area (Å²) in [5, 5.41) is 0. The fourth-order valence-corrected chi connectivity index (χ4v) is 4.08. The van der Waals surface area contributed by atoms with E-state index in [1.165, 1.54) is 32.1 Å². The van der Waals surface area contributed by atoms with Crippen LogP contribution in [-0.4, -0.2) is 11.7 Å². The predicted octanol–water partition coefficient (Wildman–Crippen LogP) is 3.94. The van der Waals surface area contributed by atoms with E-state index in [0.717, 1.165) is 17.8 Å². The molecule has 4 unspecified atom stereocenters. The van der Waals surface area contributed by atoms with Gasteiger partial charge < -0.3 is 4.74 Å². The maximum Gasteiger partial charge on any atom is 0.0712 e. The van der Waals surface area contributed by atoms with Crippen LogP contribution in [0.3, 0.4) is 0 Å². The van der Waals surface area contributed by atoms with E-state index in [2.05, 4.69) is 26.8 Å². The molecule has 0 heterocycles. The summed E-state index contributed by atoms with van der Waals surface area (Å²) in [7, 11) is 0. The summed E-state index contributed by atoms with van der Waals surface area (Å²) in [6, 6.07) is 0. The molecule has 0 aromatic rings. The van der Waals surface area contributed by atoms with Crippen molar-refractivity contribution in [3.63, 3.8) is 0 Å². The number of rotatable bonds is 1. The van der Waals surface area contributed by atoms with Crippen molar-refractivity contribution in [1.29, 1.82) is 0 Å². The van der Waals surface area contributed by atoms with Crippen LogP contribution in [0.25, 0.3) is 0 Å². The van der Waals surface area contributed by atoms with E-state index < -0.39 is 0 Å². The van der Waals surface area contributed by atoms with Gasteiger partial charge in [-0.25, -0.2) is 0 Å². The second-order valence-electron chi connectivity index (χ2n) is 6.87. The van der Waals surface area contributed by atoms with Crippen LogP contribution in [0, 0.1) is 17.8 Å². The van der Waals surface area contributed by atoms with Crippen molar-refractivity contribution in [1.82, 2.24) is 0 Å². The van der Waals surface area contributed by atoms with Gasteiger partial charge in [0.2, 0.25) is 0 Å². The van der Waals surface area contributed by atoms with E-state index in [-0.39, 0.29) is 5.60 Å². The molecule has 16 heavy (non-hydrogen) atoms. The topological polar surface area (TPSA) is 9.23 Å². The van der Waals surface area contributed by atoms with Crippen molar-refractivity contribution in [2.75, 3.05) is 0 Å². The first kappa shape index (κ1) is 10.8. The van der Waals surface area contributed by atoms with Crippen LogP contribution in [0.1, 0.15) is 52.9 Å². The van der Waals surface area contributed by atoms with Gasteiger partial charge >= 0.3 is 0 Å². The Kier molecular flexibility index (Phi) is 2.43. The van der Waals surface area contributed by atoms with Gasteiger partial charge in [-0.15, -0.1) is 0 Å². The second-order valence-corrected chi connectivity index (χ2v) is 6.87. The maximum absolute atomic E-state index is 6.33. The fourth-order valence-electron chi connectivity index (χ4n) is 4.08. The van der Waals surface area contributed by atoms with Crippen molar-refractivity contribution < 1.29 is 4.74 Å². The highest BCUT2D eigenvalue weighted by atomic mass is 16.5. The molecule has 0 spiro atoms. The van der Waals surface area contributed by atoms with E-state index in [0.29, 0.717) is 6.10 Å². The average molecular weight is 220 g/mol. The molecule has 2 saturated carbocycles. The van der Waals surface area contributed by atoms with Crippen molar-refractivity contribution in [3.05, 3.63) is 11.6 Å². The quantitative estimate of drug-likeness (QED) is 0.608. The van der Waals surface area contributed by atoms with Gasteiger partial charge in [0, 0.05) is 11.8 Å². The molecular weight excluding hydrogens is 196 g/mol. The number of fused-ring (bicyclic) bond motifs is 1. The highest BCUT2D eigenvalue weighted by Gasteiger charge is 2.50. The molecule has 1 nitrogen and oxygen atoms in total. The molecule has 0 aromatic heterocycles. The average Bonchev–Trinajstić information content (AvgIpc) is 2.61. The van der Waals surface area contributed by atoms with Crippen molar-refractivity contribution in [2.45, 2.75) is 64.6 Å². The zero-order chi connectivity index (χ0) is 11.3. The molecule has 4 atom stereocenters. The van der Waals surface area contributed by atoms with Crippen LogP contribution >= 0.6 is 0 Å². The first-order valence-corrected chi connectivity index (χ1v) is 6.93. The zero-order valence-electron chi connectivity index (χ0n) is 10.8. The van der Waals surface area contributed by atoms with Gasteiger partial charge in [0.15, 0.2) is 0 Å². The first-order valence-electron chi connectivity index (χ1n) is 6.93. The van der Waals surface area contributed by atoms with E-state index in [4.69, 9.17) is 4.74 Å². The van der Waals surface area contributed by atoms with Crippen molar-refractivity contribution >= 4 is 0 Å². The van der Waals surface area contributed by atoms with Gasteiger partial charge in [-0.05, 0) is 52.4 Å². The first-order chi connectivity index (χ1) is 7.54. The van der Waals surface area contributed by atoms with Crippen LogP contribution in [0.15, 0.2) is 11.6 Å². The van der Waals surface area contributed by atoms with Crippen LogP contribution in [-0.2, 0) is 4.74 Å². The zero-order valence-corrected chi connectivity index (χ0v) is 10.8. The Morgan fingerprint density at radius 3 is 2.81 bits per heavy atom. The van der Waals surface area contributed by atoms with Gasteiger partial charge in [0.05, 0.1) is 11.7 Å². The monoisotopic (exact) mass is 220 g/mol. The van der Waals surface area contributed by atoms with Crippen LogP contribution in [0.2, 0.25) is 0 Å². The minimum atomic E-state index is 0.0212. The second kappa shape index (κ2) is 3.60. The Morgan fingerprint density at radius 1 is 1.25 bits per heavy atom. The fraction of sp³-hybridized carbons (Fsp3) is 0.867. The van der Waals surface area contributed by atoms with Crippen LogP contribution in [0.4, 0.5) is 0 Å². The summed E-state index contributed by atoms with van der Waals surface area (Å²) in [4.78, 5) is 0. The molecule has 90 valence electrons. The molecule has 0 saturated heterocycles. The summed E-state index contributed by atoms with van der Waals surface area (Å²) >= 11 is 0.